The van der Waals surface area contributed by atoms with Crippen LogP contribution in [0.2, 0.25) is 0 Å². The zero-order valence-corrected chi connectivity index (χ0v) is 13.3. The maximum absolute atomic E-state index is 14.0. The topological polar surface area (TPSA) is 70.4 Å². The SMILES string of the molecule is COC(=O)c1nn(-c2ccc(I)cc2F)cc(OC)c1=O. The van der Waals surface area contributed by atoms with Gasteiger partial charge >= 0.3 is 5.97 Å². The van der Waals surface area contributed by atoms with Gasteiger partial charge in [0.2, 0.25) is 5.69 Å². The van der Waals surface area contributed by atoms with E-state index in [9.17, 15) is 14.0 Å². The number of aromatic nitrogens is 2. The number of esters is 1. The summed E-state index contributed by atoms with van der Waals surface area (Å²) in [5.41, 5.74) is -1.11. The van der Waals surface area contributed by atoms with Crippen molar-refractivity contribution in [3.8, 4) is 11.4 Å². The van der Waals surface area contributed by atoms with Gasteiger partial charge in [0, 0.05) is 3.57 Å². The molecule has 0 aliphatic carbocycles. The molecule has 0 aliphatic heterocycles. The zero-order chi connectivity index (χ0) is 15.6. The molecule has 0 spiro atoms. The van der Waals surface area contributed by atoms with Gasteiger partial charge in [0.05, 0.1) is 20.4 Å². The fraction of sp³-hybridized carbons (Fsp3) is 0.154. The Morgan fingerprint density at radius 2 is 2.10 bits per heavy atom. The Kier molecular flexibility index (Phi) is 4.56. The summed E-state index contributed by atoms with van der Waals surface area (Å²) in [6, 6.07) is 4.46. The first-order valence-electron chi connectivity index (χ1n) is 5.69. The maximum Gasteiger partial charge on any atom is 0.362 e. The highest BCUT2D eigenvalue weighted by Crippen LogP contribution is 2.17. The van der Waals surface area contributed by atoms with Crippen molar-refractivity contribution in [3.05, 3.63) is 49.7 Å². The van der Waals surface area contributed by atoms with E-state index in [1.165, 1.54) is 25.4 Å². The van der Waals surface area contributed by atoms with E-state index in [2.05, 4.69) is 9.84 Å². The molecule has 2 aromatic rings. The van der Waals surface area contributed by atoms with Gasteiger partial charge in [-0.3, -0.25) is 4.79 Å². The summed E-state index contributed by atoms with van der Waals surface area (Å²) < 4.78 is 25.1. The lowest BCUT2D eigenvalue weighted by Crippen LogP contribution is -2.24. The van der Waals surface area contributed by atoms with Crippen LogP contribution in [0.15, 0.2) is 29.2 Å². The Morgan fingerprint density at radius 1 is 1.38 bits per heavy atom. The van der Waals surface area contributed by atoms with Gasteiger partial charge in [-0.05, 0) is 40.8 Å². The lowest BCUT2D eigenvalue weighted by molar-refractivity contribution is 0.0589. The van der Waals surface area contributed by atoms with Crippen LogP contribution in [0, 0.1) is 9.39 Å². The maximum atomic E-state index is 14.0. The van der Waals surface area contributed by atoms with E-state index in [1.54, 1.807) is 6.07 Å². The number of benzene rings is 1. The smallest absolute Gasteiger partial charge is 0.362 e. The lowest BCUT2D eigenvalue weighted by Gasteiger charge is -2.10. The van der Waals surface area contributed by atoms with Crippen LogP contribution >= 0.6 is 22.6 Å². The van der Waals surface area contributed by atoms with E-state index in [-0.39, 0.29) is 11.4 Å². The molecule has 6 nitrogen and oxygen atoms in total. The van der Waals surface area contributed by atoms with E-state index in [0.29, 0.717) is 3.57 Å². The monoisotopic (exact) mass is 404 g/mol. The molecule has 0 saturated heterocycles. The normalized spacial score (nSPS) is 10.3. The van der Waals surface area contributed by atoms with Crippen molar-refractivity contribution in [1.29, 1.82) is 0 Å². The first-order chi connectivity index (χ1) is 9.97. The third kappa shape index (κ3) is 3.04. The van der Waals surface area contributed by atoms with Crippen LogP contribution in [0.25, 0.3) is 5.69 Å². The number of nitrogens with zero attached hydrogens (tertiary/aromatic N) is 2. The van der Waals surface area contributed by atoms with E-state index in [4.69, 9.17) is 4.74 Å². The van der Waals surface area contributed by atoms with Crippen LogP contribution in [0.4, 0.5) is 4.39 Å². The number of hydrogen-bond acceptors (Lipinski definition) is 5. The first-order valence-corrected chi connectivity index (χ1v) is 6.77. The van der Waals surface area contributed by atoms with Gasteiger partial charge in [-0.2, -0.15) is 5.10 Å². The number of methoxy groups -OCH3 is 2. The van der Waals surface area contributed by atoms with E-state index in [0.717, 1.165) is 11.8 Å². The van der Waals surface area contributed by atoms with Crippen LogP contribution in [-0.2, 0) is 4.74 Å². The highest BCUT2D eigenvalue weighted by atomic mass is 127. The zero-order valence-electron chi connectivity index (χ0n) is 11.1. The van der Waals surface area contributed by atoms with Crippen LogP contribution in [0.1, 0.15) is 10.5 Å². The van der Waals surface area contributed by atoms with Crippen molar-refractivity contribution in [2.75, 3.05) is 14.2 Å². The van der Waals surface area contributed by atoms with E-state index < -0.39 is 22.9 Å². The summed E-state index contributed by atoms with van der Waals surface area (Å²) in [5.74, 6) is -1.60. The molecule has 0 amide bonds. The van der Waals surface area contributed by atoms with Crippen LogP contribution in [0.5, 0.6) is 5.75 Å². The Bertz CT molecular complexity index is 760. The van der Waals surface area contributed by atoms with Crippen molar-refractivity contribution < 1.29 is 18.7 Å². The Balaban J connectivity index is 2.69. The van der Waals surface area contributed by atoms with E-state index in [1.807, 2.05) is 22.6 Å². The molecular weight excluding hydrogens is 394 g/mol. The summed E-state index contributed by atoms with van der Waals surface area (Å²) in [5, 5.41) is 3.82. The van der Waals surface area contributed by atoms with Crippen molar-refractivity contribution in [1.82, 2.24) is 9.78 Å². The van der Waals surface area contributed by atoms with E-state index >= 15 is 0 Å². The fourth-order valence-electron chi connectivity index (χ4n) is 1.63. The average molecular weight is 404 g/mol. The van der Waals surface area contributed by atoms with Crippen molar-refractivity contribution in [3.63, 3.8) is 0 Å². The molecule has 1 heterocycles. The average Bonchev–Trinajstić information content (AvgIpc) is 2.47. The van der Waals surface area contributed by atoms with Gasteiger partial charge in [-0.1, -0.05) is 0 Å². The molecule has 110 valence electrons. The van der Waals surface area contributed by atoms with Crippen molar-refractivity contribution in [2.45, 2.75) is 0 Å². The van der Waals surface area contributed by atoms with Crippen molar-refractivity contribution >= 4 is 28.6 Å². The minimum absolute atomic E-state index is 0.0823. The Labute approximate surface area is 132 Å². The Morgan fingerprint density at radius 3 is 2.67 bits per heavy atom. The second-order valence-corrected chi connectivity index (χ2v) is 5.15. The fourth-order valence-corrected chi connectivity index (χ4v) is 2.09. The number of halogens is 2. The minimum Gasteiger partial charge on any atom is -0.491 e. The molecule has 0 N–H and O–H groups in total. The lowest BCUT2D eigenvalue weighted by atomic mass is 10.3. The number of carbonyl (C=O) groups excluding carboxylic acids is 1. The third-order valence-corrected chi connectivity index (χ3v) is 3.31. The largest absolute Gasteiger partial charge is 0.491 e. The summed E-state index contributed by atoms with van der Waals surface area (Å²) in [6.45, 7) is 0. The molecule has 0 radical (unpaired) electrons. The molecule has 0 saturated carbocycles. The summed E-state index contributed by atoms with van der Waals surface area (Å²) in [4.78, 5) is 23.5. The van der Waals surface area contributed by atoms with Crippen molar-refractivity contribution in [2.24, 2.45) is 0 Å². The molecule has 0 atom stereocenters. The molecule has 21 heavy (non-hydrogen) atoms. The molecule has 0 unspecified atom stereocenters. The standard InChI is InChI=1S/C13H10FIN2O4/c1-20-10-6-17(9-4-3-7(15)5-8(9)14)16-11(12(10)18)13(19)21-2/h3-6H,1-2H3. The van der Waals surface area contributed by atoms with Crippen LogP contribution in [0.3, 0.4) is 0 Å². The summed E-state index contributed by atoms with van der Waals surface area (Å²) >= 11 is 1.97. The third-order valence-electron chi connectivity index (χ3n) is 2.64. The second kappa shape index (κ2) is 6.20. The molecule has 2 rings (SSSR count). The number of rotatable bonds is 3. The quantitative estimate of drug-likeness (QED) is 0.576. The van der Waals surface area contributed by atoms with Gasteiger partial charge in [-0.25, -0.2) is 13.9 Å². The summed E-state index contributed by atoms with van der Waals surface area (Å²) in [7, 11) is 2.39. The summed E-state index contributed by atoms with van der Waals surface area (Å²) in [6.07, 6.45) is 1.21. The first kappa shape index (κ1) is 15.4. The molecule has 1 aromatic carbocycles. The number of carbonyl (C=O) groups is 1. The molecule has 0 bridgehead atoms. The number of hydrogen-bond donors (Lipinski definition) is 0. The molecule has 0 aliphatic rings. The highest BCUT2D eigenvalue weighted by Gasteiger charge is 2.19. The highest BCUT2D eigenvalue weighted by molar-refractivity contribution is 14.1. The minimum atomic E-state index is -0.918. The van der Waals surface area contributed by atoms with Gasteiger partial charge in [0.1, 0.15) is 11.5 Å². The molecular formula is C13H10FIN2O4. The molecule has 0 fully saturated rings. The Hall–Kier alpha value is -1.97. The molecule has 8 heteroatoms. The predicted octanol–water partition coefficient (Wildman–Crippen LogP) is 1.77. The van der Waals surface area contributed by atoms with Gasteiger partial charge in [0.25, 0.3) is 5.43 Å². The van der Waals surface area contributed by atoms with Gasteiger partial charge in [-0.15, -0.1) is 0 Å². The second-order valence-electron chi connectivity index (χ2n) is 3.91. The molecule has 1 aromatic heterocycles. The van der Waals surface area contributed by atoms with Crippen LogP contribution in [-0.4, -0.2) is 30.0 Å². The van der Waals surface area contributed by atoms with Gasteiger partial charge in [0.15, 0.2) is 5.75 Å². The number of ether oxygens (including phenoxy) is 2. The van der Waals surface area contributed by atoms with Gasteiger partial charge < -0.3 is 9.47 Å². The predicted molar refractivity (Wildman–Crippen MR) is 80.4 cm³/mol. The van der Waals surface area contributed by atoms with Crippen LogP contribution < -0.4 is 10.2 Å².